The van der Waals surface area contributed by atoms with E-state index in [2.05, 4.69) is 38.1 Å². The minimum Gasteiger partial charge on any atom is -0.466 e. The second-order valence-corrected chi connectivity index (χ2v) is 7.28. The van der Waals surface area contributed by atoms with Crippen molar-refractivity contribution in [3.63, 3.8) is 0 Å². The molecule has 0 spiro atoms. The Bertz CT molecular complexity index is 782. The van der Waals surface area contributed by atoms with Gasteiger partial charge in [-0.3, -0.25) is 9.59 Å². The van der Waals surface area contributed by atoms with E-state index in [-0.39, 0.29) is 30.9 Å². The lowest BCUT2D eigenvalue weighted by Gasteiger charge is -2.18. The van der Waals surface area contributed by atoms with Crippen LogP contribution in [-0.2, 0) is 9.53 Å². The number of benzene rings is 1. The number of halogens is 1. The third kappa shape index (κ3) is 7.81. The van der Waals surface area contributed by atoms with Gasteiger partial charge in [0, 0.05) is 24.5 Å². The Balaban J connectivity index is 1.99. The van der Waals surface area contributed by atoms with Gasteiger partial charge >= 0.3 is 12.0 Å². The molecule has 0 radical (unpaired) electrons. The van der Waals surface area contributed by atoms with Crippen molar-refractivity contribution in [2.75, 3.05) is 13.2 Å². The zero-order valence-electron chi connectivity index (χ0n) is 16.7. The molecule has 29 heavy (non-hydrogen) atoms. The fourth-order valence-corrected chi connectivity index (χ4v) is 2.84. The zero-order valence-corrected chi connectivity index (χ0v) is 18.3. The van der Waals surface area contributed by atoms with Crippen LogP contribution in [0.4, 0.5) is 0 Å². The van der Waals surface area contributed by atoms with Gasteiger partial charge < -0.3 is 14.8 Å². The third-order valence-electron chi connectivity index (χ3n) is 4.13. The van der Waals surface area contributed by atoms with Gasteiger partial charge in [0.25, 0.3) is 5.91 Å². The molecule has 1 aromatic carbocycles. The lowest BCUT2D eigenvalue weighted by Crippen LogP contribution is -2.26. The summed E-state index contributed by atoms with van der Waals surface area (Å²) in [7, 11) is 0. The van der Waals surface area contributed by atoms with Gasteiger partial charge in [0.05, 0.1) is 17.5 Å². The lowest BCUT2D eigenvalue weighted by molar-refractivity contribution is -0.142. The summed E-state index contributed by atoms with van der Waals surface area (Å²) < 4.78 is 11.6. The maximum Gasteiger partial charge on any atom is 0.316 e. The van der Waals surface area contributed by atoms with E-state index < -0.39 is 0 Å². The normalized spacial score (nSPS) is 11.6. The molecular weight excluding hydrogens is 438 g/mol. The number of ether oxygens (including phenoxy) is 2. The molecule has 0 bridgehead atoms. The van der Waals surface area contributed by atoms with Crippen molar-refractivity contribution in [1.29, 1.82) is 0 Å². The van der Waals surface area contributed by atoms with Gasteiger partial charge in [0.1, 0.15) is 6.10 Å². The number of nitrogens with zero attached hydrogens (tertiary/aromatic N) is 2. The van der Waals surface area contributed by atoms with Gasteiger partial charge in [-0.15, -0.1) is 0 Å². The summed E-state index contributed by atoms with van der Waals surface area (Å²) in [6, 6.07) is 7.56. The van der Waals surface area contributed by atoms with Crippen LogP contribution >= 0.6 is 15.9 Å². The number of unbranched alkanes of at least 4 members (excludes halogenated alkanes) is 1. The second-order valence-electron chi connectivity index (χ2n) is 6.37. The molecule has 0 saturated heterocycles. The molecule has 1 aromatic heterocycles. The molecule has 2 aromatic rings. The van der Waals surface area contributed by atoms with Crippen molar-refractivity contribution in [3.05, 3.63) is 52.3 Å². The lowest BCUT2D eigenvalue weighted by atomic mass is 10.0. The molecule has 0 aliphatic heterocycles. The molecule has 0 aliphatic rings. The number of amides is 1. The van der Waals surface area contributed by atoms with Gasteiger partial charge in [-0.25, -0.2) is 9.97 Å². The highest BCUT2D eigenvalue weighted by molar-refractivity contribution is 9.10. The van der Waals surface area contributed by atoms with Crippen LogP contribution < -0.4 is 10.1 Å². The van der Waals surface area contributed by atoms with E-state index >= 15 is 0 Å². The highest BCUT2D eigenvalue weighted by Crippen LogP contribution is 2.25. The van der Waals surface area contributed by atoms with Gasteiger partial charge in [0.2, 0.25) is 0 Å². The first-order valence-electron chi connectivity index (χ1n) is 9.71. The second kappa shape index (κ2) is 12.2. The van der Waals surface area contributed by atoms with Crippen LogP contribution in [0.25, 0.3) is 0 Å². The molecule has 0 aliphatic carbocycles. The number of esters is 1. The average Bonchev–Trinajstić information content (AvgIpc) is 2.73. The smallest absolute Gasteiger partial charge is 0.316 e. The first-order chi connectivity index (χ1) is 14.0. The van der Waals surface area contributed by atoms with Crippen LogP contribution in [0.1, 0.15) is 61.6 Å². The van der Waals surface area contributed by atoms with Gasteiger partial charge in [-0.05, 0) is 53.4 Å². The van der Waals surface area contributed by atoms with E-state index in [1.807, 2.05) is 12.1 Å². The standard InChI is InChI=1S/C21H26BrN3O4/c1-3-5-6-18(29-21-24-13-17(22)14-25-21)15-7-9-16(10-8-15)20(27)23-12-11-19(26)28-4-2/h7-10,13-14,18H,3-6,11-12H2,1-2H3,(H,23,27)/t18-/m0/s1. The van der Waals surface area contributed by atoms with Crippen LogP contribution in [0.15, 0.2) is 41.1 Å². The Hall–Kier alpha value is -2.48. The van der Waals surface area contributed by atoms with Crippen LogP contribution in [-0.4, -0.2) is 35.0 Å². The van der Waals surface area contributed by atoms with E-state index in [1.54, 1.807) is 31.5 Å². The summed E-state index contributed by atoms with van der Waals surface area (Å²) in [4.78, 5) is 31.9. The fourth-order valence-electron chi connectivity index (χ4n) is 2.63. The molecule has 1 heterocycles. The molecule has 7 nitrogen and oxygen atoms in total. The van der Waals surface area contributed by atoms with Gasteiger partial charge in [0.15, 0.2) is 0 Å². The number of nitrogens with one attached hydrogen (secondary N) is 1. The molecule has 0 fully saturated rings. The van der Waals surface area contributed by atoms with Gasteiger partial charge in [-0.2, -0.15) is 0 Å². The highest BCUT2D eigenvalue weighted by Gasteiger charge is 2.16. The quantitative estimate of drug-likeness (QED) is 0.501. The summed E-state index contributed by atoms with van der Waals surface area (Å²) in [5, 5.41) is 2.72. The summed E-state index contributed by atoms with van der Waals surface area (Å²) in [5.74, 6) is -0.558. The predicted octanol–water partition coefficient (Wildman–Crippen LogP) is 4.23. The first kappa shape index (κ1) is 22.8. The number of aromatic nitrogens is 2. The zero-order chi connectivity index (χ0) is 21.1. The summed E-state index contributed by atoms with van der Waals surface area (Å²) in [6.45, 7) is 4.44. The highest BCUT2D eigenvalue weighted by atomic mass is 79.9. The Morgan fingerprint density at radius 3 is 2.45 bits per heavy atom. The Morgan fingerprint density at radius 1 is 1.14 bits per heavy atom. The summed E-state index contributed by atoms with van der Waals surface area (Å²) in [5.41, 5.74) is 1.47. The van der Waals surface area contributed by atoms with E-state index in [0.29, 0.717) is 18.2 Å². The molecular formula is C21H26BrN3O4. The minimum absolute atomic E-state index is 0.151. The molecule has 0 unspecified atom stereocenters. The monoisotopic (exact) mass is 463 g/mol. The van der Waals surface area contributed by atoms with Crippen LogP contribution in [0.2, 0.25) is 0 Å². The average molecular weight is 464 g/mol. The number of carbonyl (C=O) groups excluding carboxylic acids is 2. The van der Waals surface area contributed by atoms with Crippen molar-refractivity contribution in [2.45, 2.75) is 45.6 Å². The Labute approximate surface area is 179 Å². The first-order valence-corrected chi connectivity index (χ1v) is 10.5. The minimum atomic E-state index is -0.325. The molecule has 2 rings (SSSR count). The number of carbonyl (C=O) groups is 2. The van der Waals surface area contributed by atoms with Gasteiger partial charge in [-0.1, -0.05) is 25.5 Å². The molecule has 1 N–H and O–H groups in total. The van der Waals surface area contributed by atoms with E-state index in [1.165, 1.54) is 0 Å². The van der Waals surface area contributed by atoms with Crippen molar-refractivity contribution < 1.29 is 19.1 Å². The maximum atomic E-state index is 12.2. The molecule has 8 heteroatoms. The topological polar surface area (TPSA) is 90.4 Å². The van der Waals surface area contributed by atoms with Crippen molar-refractivity contribution in [1.82, 2.24) is 15.3 Å². The van der Waals surface area contributed by atoms with E-state index in [9.17, 15) is 9.59 Å². The van der Waals surface area contributed by atoms with Crippen LogP contribution in [0.3, 0.4) is 0 Å². The predicted molar refractivity (Wildman–Crippen MR) is 113 cm³/mol. The van der Waals surface area contributed by atoms with E-state index in [0.717, 1.165) is 29.3 Å². The van der Waals surface area contributed by atoms with Crippen LogP contribution in [0, 0.1) is 0 Å². The SMILES string of the molecule is CCCC[C@H](Oc1ncc(Br)cn1)c1ccc(C(=O)NCCC(=O)OCC)cc1. The van der Waals surface area contributed by atoms with Crippen molar-refractivity contribution in [2.24, 2.45) is 0 Å². The number of rotatable bonds is 11. The number of hydrogen-bond acceptors (Lipinski definition) is 6. The molecule has 1 atom stereocenters. The third-order valence-corrected chi connectivity index (χ3v) is 4.54. The fraction of sp³-hybridized carbons (Fsp3) is 0.429. The molecule has 156 valence electrons. The van der Waals surface area contributed by atoms with Crippen LogP contribution in [0.5, 0.6) is 6.01 Å². The molecule has 1 amide bonds. The van der Waals surface area contributed by atoms with Crippen molar-refractivity contribution in [3.8, 4) is 6.01 Å². The van der Waals surface area contributed by atoms with E-state index in [4.69, 9.17) is 9.47 Å². The van der Waals surface area contributed by atoms with Crippen molar-refractivity contribution >= 4 is 27.8 Å². The number of hydrogen-bond donors (Lipinski definition) is 1. The Morgan fingerprint density at radius 2 is 1.83 bits per heavy atom. The summed E-state index contributed by atoms with van der Waals surface area (Å²) >= 11 is 3.31. The Kier molecular flexibility index (Phi) is 9.56. The molecule has 0 saturated carbocycles. The maximum absolute atomic E-state index is 12.2. The largest absolute Gasteiger partial charge is 0.466 e. The summed E-state index contributed by atoms with van der Waals surface area (Å²) in [6.07, 6.45) is 6.10.